The highest BCUT2D eigenvalue weighted by Gasteiger charge is 2.17. The van der Waals surface area contributed by atoms with Crippen molar-refractivity contribution in [3.8, 4) is 28.6 Å². The molecule has 3 heterocycles. The van der Waals surface area contributed by atoms with E-state index in [1.807, 2.05) is 13.8 Å². The normalized spacial score (nSPS) is 11.0. The van der Waals surface area contributed by atoms with E-state index in [1.165, 1.54) is 42.0 Å². The number of amides is 1. The van der Waals surface area contributed by atoms with Crippen molar-refractivity contribution in [1.29, 1.82) is 0 Å². The van der Waals surface area contributed by atoms with Crippen LogP contribution < -0.4 is 14.8 Å². The molecule has 1 amide bonds. The molecule has 0 fully saturated rings. The maximum atomic E-state index is 15.1. The Morgan fingerprint density at radius 3 is 2.53 bits per heavy atom. The van der Waals surface area contributed by atoms with Gasteiger partial charge in [0, 0.05) is 34.6 Å². The van der Waals surface area contributed by atoms with Crippen LogP contribution in [0.25, 0.3) is 16.9 Å². The zero-order valence-corrected chi connectivity index (χ0v) is 20.8. The third-order valence-electron chi connectivity index (χ3n) is 5.97. The molecule has 192 valence electrons. The van der Waals surface area contributed by atoms with Crippen molar-refractivity contribution < 1.29 is 23.0 Å². The van der Waals surface area contributed by atoms with E-state index in [-0.39, 0.29) is 22.9 Å². The number of aryl methyl sites for hydroxylation is 1. The van der Waals surface area contributed by atoms with E-state index in [1.54, 1.807) is 30.5 Å². The number of halogens is 2. The number of nitrogens with one attached hydrogen (secondary N) is 1. The molecule has 0 unspecified atom stereocenters. The number of benzene rings is 2. The van der Waals surface area contributed by atoms with Crippen molar-refractivity contribution in [3.63, 3.8) is 0 Å². The highest BCUT2D eigenvalue weighted by Crippen LogP contribution is 2.31. The fraction of sp³-hybridized carbons (Fsp3) is 0.143. The molecule has 0 atom stereocenters. The molecule has 0 saturated carbocycles. The standard InChI is InChI=1S/C28H23F2N5O3/c1-4-19-16(2)32-26-12-13-31-35(26)28(19)38-25-11-9-18(15-21(25)30)33-27(36)23-7-5-6-22(34-23)17-8-10-24(37-3)20(29)14-17/h5-15H,4H2,1-3H3,(H,33,36). The molecule has 38 heavy (non-hydrogen) atoms. The van der Waals surface area contributed by atoms with Gasteiger partial charge in [-0.05, 0) is 55.8 Å². The summed E-state index contributed by atoms with van der Waals surface area (Å²) in [5.74, 6) is -1.30. The van der Waals surface area contributed by atoms with Gasteiger partial charge in [0.2, 0.25) is 5.88 Å². The van der Waals surface area contributed by atoms with Gasteiger partial charge in [-0.25, -0.2) is 18.7 Å². The van der Waals surface area contributed by atoms with Crippen LogP contribution in [-0.4, -0.2) is 32.6 Å². The number of methoxy groups -OCH3 is 1. The van der Waals surface area contributed by atoms with Gasteiger partial charge in [0.05, 0.1) is 19.0 Å². The average Bonchev–Trinajstić information content (AvgIpc) is 3.38. The molecule has 2 aromatic carbocycles. The van der Waals surface area contributed by atoms with Crippen molar-refractivity contribution in [3.05, 3.63) is 95.4 Å². The van der Waals surface area contributed by atoms with E-state index < -0.39 is 17.5 Å². The molecule has 5 rings (SSSR count). The van der Waals surface area contributed by atoms with Crippen LogP contribution in [0.5, 0.6) is 17.4 Å². The predicted octanol–water partition coefficient (Wildman–Crippen LogP) is 5.99. The summed E-state index contributed by atoms with van der Waals surface area (Å²) in [6, 6.07) is 15.1. The van der Waals surface area contributed by atoms with E-state index in [9.17, 15) is 9.18 Å². The molecule has 10 heteroatoms. The first-order valence-corrected chi connectivity index (χ1v) is 11.8. The third kappa shape index (κ3) is 4.75. The number of nitrogens with zero attached hydrogens (tertiary/aromatic N) is 4. The fourth-order valence-corrected chi connectivity index (χ4v) is 4.08. The van der Waals surface area contributed by atoms with Gasteiger partial charge in [0.1, 0.15) is 5.69 Å². The number of aromatic nitrogens is 4. The van der Waals surface area contributed by atoms with Gasteiger partial charge < -0.3 is 14.8 Å². The second-order valence-electron chi connectivity index (χ2n) is 8.39. The summed E-state index contributed by atoms with van der Waals surface area (Å²) < 4.78 is 41.6. The topological polar surface area (TPSA) is 90.6 Å². The second kappa shape index (κ2) is 10.3. The summed E-state index contributed by atoms with van der Waals surface area (Å²) in [6.07, 6.45) is 2.21. The number of anilines is 1. The molecule has 3 aromatic heterocycles. The second-order valence-corrected chi connectivity index (χ2v) is 8.39. The Hall–Kier alpha value is -4.86. The van der Waals surface area contributed by atoms with Gasteiger partial charge in [0.15, 0.2) is 28.8 Å². The van der Waals surface area contributed by atoms with Gasteiger partial charge in [-0.1, -0.05) is 13.0 Å². The molecule has 0 bridgehead atoms. The fourth-order valence-electron chi connectivity index (χ4n) is 4.08. The van der Waals surface area contributed by atoms with Gasteiger partial charge >= 0.3 is 0 Å². The molecule has 5 aromatic rings. The lowest BCUT2D eigenvalue weighted by Crippen LogP contribution is -2.14. The Morgan fingerprint density at radius 1 is 1.00 bits per heavy atom. The molecule has 0 saturated heterocycles. The van der Waals surface area contributed by atoms with Gasteiger partial charge in [-0.2, -0.15) is 9.61 Å². The van der Waals surface area contributed by atoms with Gasteiger partial charge in [-0.15, -0.1) is 0 Å². The summed E-state index contributed by atoms with van der Waals surface area (Å²) in [7, 11) is 1.38. The molecule has 0 aliphatic carbocycles. The van der Waals surface area contributed by atoms with Crippen molar-refractivity contribution >= 4 is 17.2 Å². The Morgan fingerprint density at radius 2 is 1.79 bits per heavy atom. The van der Waals surface area contributed by atoms with Crippen LogP contribution in [0.1, 0.15) is 28.7 Å². The average molecular weight is 516 g/mol. The highest BCUT2D eigenvalue weighted by molar-refractivity contribution is 6.03. The highest BCUT2D eigenvalue weighted by atomic mass is 19.1. The lowest BCUT2D eigenvalue weighted by Gasteiger charge is -2.14. The smallest absolute Gasteiger partial charge is 0.274 e. The van der Waals surface area contributed by atoms with E-state index in [4.69, 9.17) is 9.47 Å². The predicted molar refractivity (Wildman–Crippen MR) is 138 cm³/mol. The summed E-state index contributed by atoms with van der Waals surface area (Å²) in [4.78, 5) is 21.7. The van der Waals surface area contributed by atoms with Crippen LogP contribution in [0.2, 0.25) is 0 Å². The molecule has 0 radical (unpaired) electrons. The molecule has 0 aliphatic heterocycles. The van der Waals surface area contributed by atoms with Gasteiger partial charge in [-0.3, -0.25) is 4.79 Å². The Labute approximate surface area is 216 Å². The van der Waals surface area contributed by atoms with Crippen molar-refractivity contribution in [2.75, 3.05) is 12.4 Å². The maximum Gasteiger partial charge on any atom is 0.274 e. The van der Waals surface area contributed by atoms with E-state index in [0.717, 1.165) is 17.3 Å². The number of pyridine rings is 1. The van der Waals surface area contributed by atoms with Crippen molar-refractivity contribution in [2.45, 2.75) is 20.3 Å². The monoisotopic (exact) mass is 515 g/mol. The van der Waals surface area contributed by atoms with Crippen LogP contribution in [0.15, 0.2) is 66.9 Å². The number of fused-ring (bicyclic) bond motifs is 1. The Kier molecular flexibility index (Phi) is 6.69. The van der Waals surface area contributed by atoms with Crippen LogP contribution >= 0.6 is 0 Å². The van der Waals surface area contributed by atoms with E-state index >= 15 is 4.39 Å². The maximum absolute atomic E-state index is 15.1. The van der Waals surface area contributed by atoms with E-state index in [2.05, 4.69) is 20.4 Å². The SMILES string of the molecule is CCc1c(C)nc2ccnn2c1Oc1ccc(NC(=O)c2cccc(-c3ccc(OC)c(F)c3)n2)cc1F. The van der Waals surface area contributed by atoms with Crippen LogP contribution in [0.4, 0.5) is 14.5 Å². The number of hydrogen-bond acceptors (Lipinski definition) is 6. The lowest BCUT2D eigenvalue weighted by molar-refractivity contribution is 0.102. The molecule has 8 nitrogen and oxygen atoms in total. The van der Waals surface area contributed by atoms with Crippen molar-refractivity contribution in [2.24, 2.45) is 0 Å². The quantitative estimate of drug-likeness (QED) is 0.286. The van der Waals surface area contributed by atoms with E-state index in [0.29, 0.717) is 29.2 Å². The van der Waals surface area contributed by atoms with Crippen LogP contribution in [0.3, 0.4) is 0 Å². The molecular weight excluding hydrogens is 492 g/mol. The molecule has 0 spiro atoms. The minimum Gasteiger partial charge on any atom is -0.494 e. The number of rotatable bonds is 7. The summed E-state index contributed by atoms with van der Waals surface area (Å²) in [5.41, 5.74) is 3.35. The summed E-state index contributed by atoms with van der Waals surface area (Å²) in [6.45, 7) is 3.82. The summed E-state index contributed by atoms with van der Waals surface area (Å²) in [5, 5.41) is 6.88. The molecule has 0 aliphatic rings. The largest absolute Gasteiger partial charge is 0.494 e. The number of hydrogen-bond donors (Lipinski definition) is 1. The first kappa shape index (κ1) is 24.8. The zero-order chi connectivity index (χ0) is 26.8. The third-order valence-corrected chi connectivity index (χ3v) is 5.97. The first-order valence-electron chi connectivity index (χ1n) is 11.8. The van der Waals surface area contributed by atoms with Gasteiger partial charge in [0.25, 0.3) is 5.91 Å². The number of ether oxygens (including phenoxy) is 2. The Balaban J connectivity index is 1.36. The first-order chi connectivity index (χ1) is 18.4. The minimum atomic E-state index is -0.671. The van der Waals surface area contributed by atoms with Crippen LogP contribution in [0, 0.1) is 18.6 Å². The molecular formula is C28H23F2N5O3. The van der Waals surface area contributed by atoms with Crippen molar-refractivity contribution in [1.82, 2.24) is 19.6 Å². The lowest BCUT2D eigenvalue weighted by atomic mass is 10.1. The van der Waals surface area contributed by atoms with Crippen LogP contribution in [-0.2, 0) is 6.42 Å². The number of carbonyl (C=O) groups excluding carboxylic acids is 1. The summed E-state index contributed by atoms with van der Waals surface area (Å²) >= 11 is 0. The zero-order valence-electron chi connectivity index (χ0n) is 20.8. The number of carbonyl (C=O) groups is 1. The minimum absolute atomic E-state index is 0.0262. The molecule has 1 N–H and O–H groups in total. The Bertz CT molecular complexity index is 1670.